The molecule has 0 atom stereocenters. The Morgan fingerprint density at radius 2 is 2.15 bits per heavy atom. The Labute approximate surface area is 124 Å². The quantitative estimate of drug-likeness (QED) is 0.515. The Morgan fingerprint density at radius 3 is 2.70 bits per heavy atom. The Morgan fingerprint density at radius 1 is 1.40 bits per heavy atom. The van der Waals surface area contributed by atoms with E-state index in [4.69, 9.17) is 0 Å². The molecule has 0 saturated heterocycles. The SMILES string of the molecule is CCNc1nc(C)c([N+](=O)[O-])c(Sc2nc(C)cs2)n1. The second kappa shape index (κ2) is 6.14. The van der Waals surface area contributed by atoms with Crippen molar-refractivity contribution in [2.45, 2.75) is 30.1 Å². The van der Waals surface area contributed by atoms with Crippen LogP contribution in [0.2, 0.25) is 0 Å². The van der Waals surface area contributed by atoms with E-state index in [2.05, 4.69) is 20.3 Å². The number of anilines is 1. The largest absolute Gasteiger partial charge is 0.354 e. The molecule has 0 aromatic carbocycles. The number of nitrogens with one attached hydrogen (secondary N) is 1. The molecule has 0 aliphatic rings. The van der Waals surface area contributed by atoms with Crippen LogP contribution in [0.5, 0.6) is 0 Å². The summed E-state index contributed by atoms with van der Waals surface area (Å²) in [6.07, 6.45) is 0. The molecule has 7 nitrogen and oxygen atoms in total. The Balaban J connectivity index is 2.44. The lowest BCUT2D eigenvalue weighted by Crippen LogP contribution is -2.07. The zero-order valence-electron chi connectivity index (χ0n) is 11.2. The Kier molecular flexibility index (Phi) is 4.50. The second-order valence-electron chi connectivity index (χ2n) is 3.93. The van der Waals surface area contributed by atoms with Crippen molar-refractivity contribution in [1.82, 2.24) is 15.0 Å². The molecule has 2 heterocycles. The molecule has 0 amide bonds. The maximum atomic E-state index is 11.2. The van der Waals surface area contributed by atoms with Crippen LogP contribution in [0.25, 0.3) is 0 Å². The van der Waals surface area contributed by atoms with Crippen molar-refractivity contribution >= 4 is 34.7 Å². The number of nitrogens with zero attached hydrogens (tertiary/aromatic N) is 4. The fourth-order valence-electron chi connectivity index (χ4n) is 1.52. The van der Waals surface area contributed by atoms with E-state index >= 15 is 0 Å². The van der Waals surface area contributed by atoms with Crippen molar-refractivity contribution in [2.24, 2.45) is 0 Å². The third-order valence-electron chi connectivity index (χ3n) is 2.33. The van der Waals surface area contributed by atoms with Gasteiger partial charge in [-0.3, -0.25) is 10.1 Å². The number of aryl methyl sites for hydroxylation is 2. The standard InChI is InChI=1S/C11H13N5O2S2/c1-4-12-10-14-7(3)8(16(17)18)9(15-10)20-11-13-6(2)5-19-11/h5H,4H2,1-3H3,(H,12,14,15). The first-order valence-electron chi connectivity index (χ1n) is 5.88. The molecule has 2 rings (SSSR count). The fraction of sp³-hybridized carbons (Fsp3) is 0.364. The summed E-state index contributed by atoms with van der Waals surface area (Å²) in [6.45, 7) is 6.05. The molecule has 0 fully saturated rings. The van der Waals surface area contributed by atoms with Gasteiger partial charge in [-0.25, -0.2) is 9.97 Å². The van der Waals surface area contributed by atoms with Crippen LogP contribution in [0, 0.1) is 24.0 Å². The molecule has 0 unspecified atom stereocenters. The van der Waals surface area contributed by atoms with E-state index in [1.54, 1.807) is 6.92 Å². The van der Waals surface area contributed by atoms with Crippen molar-refractivity contribution in [3.05, 3.63) is 26.9 Å². The fourth-order valence-corrected chi connectivity index (χ4v) is 3.42. The smallest absolute Gasteiger partial charge is 0.322 e. The van der Waals surface area contributed by atoms with Gasteiger partial charge < -0.3 is 5.32 Å². The number of rotatable bonds is 5. The molecular formula is C11H13N5O2S2. The molecular weight excluding hydrogens is 298 g/mol. The summed E-state index contributed by atoms with van der Waals surface area (Å²) >= 11 is 2.63. The summed E-state index contributed by atoms with van der Waals surface area (Å²) in [7, 11) is 0. The summed E-state index contributed by atoms with van der Waals surface area (Å²) < 4.78 is 0.728. The number of hydrogen-bond donors (Lipinski definition) is 1. The van der Waals surface area contributed by atoms with Gasteiger partial charge in [0, 0.05) is 17.6 Å². The maximum Gasteiger partial charge on any atom is 0.322 e. The predicted molar refractivity (Wildman–Crippen MR) is 78.6 cm³/mol. The molecule has 0 bridgehead atoms. The van der Waals surface area contributed by atoms with Crippen molar-refractivity contribution in [1.29, 1.82) is 0 Å². The molecule has 20 heavy (non-hydrogen) atoms. The van der Waals surface area contributed by atoms with Gasteiger partial charge in [0.1, 0.15) is 5.69 Å². The average Bonchev–Trinajstić information content (AvgIpc) is 2.74. The molecule has 0 radical (unpaired) electrons. The van der Waals surface area contributed by atoms with E-state index in [-0.39, 0.29) is 5.69 Å². The molecule has 9 heteroatoms. The summed E-state index contributed by atoms with van der Waals surface area (Å²) in [6, 6.07) is 0. The molecule has 106 valence electrons. The van der Waals surface area contributed by atoms with E-state index in [0.717, 1.165) is 10.0 Å². The highest BCUT2D eigenvalue weighted by atomic mass is 32.2. The van der Waals surface area contributed by atoms with Crippen molar-refractivity contribution < 1.29 is 4.92 Å². The van der Waals surface area contributed by atoms with Gasteiger partial charge in [-0.05, 0) is 32.5 Å². The summed E-state index contributed by atoms with van der Waals surface area (Å²) in [5.74, 6) is 0.395. The van der Waals surface area contributed by atoms with Gasteiger partial charge in [-0.2, -0.15) is 4.98 Å². The molecule has 0 saturated carbocycles. The van der Waals surface area contributed by atoms with Gasteiger partial charge >= 0.3 is 5.69 Å². The van der Waals surface area contributed by atoms with Crippen LogP contribution in [-0.4, -0.2) is 26.4 Å². The number of hydrogen-bond acceptors (Lipinski definition) is 8. The normalized spacial score (nSPS) is 10.6. The van der Waals surface area contributed by atoms with Crippen LogP contribution in [0.3, 0.4) is 0 Å². The lowest BCUT2D eigenvalue weighted by molar-refractivity contribution is -0.389. The van der Waals surface area contributed by atoms with Gasteiger partial charge in [0.2, 0.25) is 5.95 Å². The lowest BCUT2D eigenvalue weighted by atomic mass is 10.4. The summed E-state index contributed by atoms with van der Waals surface area (Å²) in [4.78, 5) is 23.3. The minimum absolute atomic E-state index is 0.0653. The number of thiazole rings is 1. The number of nitro groups is 1. The molecule has 0 spiro atoms. The highest BCUT2D eigenvalue weighted by molar-refractivity contribution is 8.01. The van der Waals surface area contributed by atoms with E-state index in [1.807, 2.05) is 19.2 Å². The van der Waals surface area contributed by atoms with Gasteiger partial charge in [0.05, 0.1) is 4.92 Å². The van der Waals surface area contributed by atoms with Gasteiger partial charge in [-0.1, -0.05) is 0 Å². The third-order valence-corrected chi connectivity index (χ3v) is 4.36. The van der Waals surface area contributed by atoms with Crippen molar-refractivity contribution in [3.63, 3.8) is 0 Å². The van der Waals surface area contributed by atoms with E-state index in [1.165, 1.54) is 23.1 Å². The first-order valence-corrected chi connectivity index (χ1v) is 7.57. The Hall–Kier alpha value is -1.74. The van der Waals surface area contributed by atoms with Crippen LogP contribution in [0.1, 0.15) is 18.3 Å². The zero-order valence-corrected chi connectivity index (χ0v) is 12.8. The monoisotopic (exact) mass is 311 g/mol. The van der Waals surface area contributed by atoms with Gasteiger partial charge in [0.25, 0.3) is 0 Å². The minimum Gasteiger partial charge on any atom is -0.354 e. The lowest BCUT2D eigenvalue weighted by Gasteiger charge is -2.06. The molecule has 0 aliphatic heterocycles. The van der Waals surface area contributed by atoms with Gasteiger partial charge in [0.15, 0.2) is 9.37 Å². The van der Waals surface area contributed by atoms with Crippen LogP contribution in [0.4, 0.5) is 11.6 Å². The topological polar surface area (TPSA) is 93.8 Å². The number of aromatic nitrogens is 3. The van der Waals surface area contributed by atoms with Crippen molar-refractivity contribution in [3.8, 4) is 0 Å². The van der Waals surface area contributed by atoms with Crippen molar-refractivity contribution in [2.75, 3.05) is 11.9 Å². The highest BCUT2D eigenvalue weighted by Crippen LogP contribution is 2.36. The zero-order chi connectivity index (χ0) is 14.7. The molecule has 2 aromatic rings. The van der Waals surface area contributed by atoms with Crippen LogP contribution >= 0.6 is 23.1 Å². The van der Waals surface area contributed by atoms with E-state index in [9.17, 15) is 10.1 Å². The second-order valence-corrected chi connectivity index (χ2v) is 6.02. The first kappa shape index (κ1) is 14.7. The Bertz CT molecular complexity index is 644. The van der Waals surface area contributed by atoms with E-state index < -0.39 is 4.92 Å². The van der Waals surface area contributed by atoms with E-state index in [0.29, 0.717) is 23.2 Å². The molecule has 0 aliphatic carbocycles. The maximum absolute atomic E-state index is 11.2. The molecule has 1 N–H and O–H groups in total. The predicted octanol–water partition coefficient (Wildman–Crippen LogP) is 3.04. The third kappa shape index (κ3) is 3.23. The average molecular weight is 311 g/mol. The highest BCUT2D eigenvalue weighted by Gasteiger charge is 2.23. The van der Waals surface area contributed by atoms with Crippen LogP contribution < -0.4 is 5.32 Å². The van der Waals surface area contributed by atoms with Crippen LogP contribution in [-0.2, 0) is 0 Å². The summed E-state index contributed by atoms with van der Waals surface area (Å²) in [5, 5.41) is 16.4. The minimum atomic E-state index is -0.451. The van der Waals surface area contributed by atoms with Crippen LogP contribution in [0.15, 0.2) is 14.7 Å². The van der Waals surface area contributed by atoms with Gasteiger partial charge in [-0.15, -0.1) is 11.3 Å². The first-order chi connectivity index (χ1) is 9.51. The summed E-state index contributed by atoms with van der Waals surface area (Å²) in [5.41, 5.74) is 1.17. The molecule has 2 aromatic heterocycles.